The Morgan fingerprint density at radius 3 is 2.68 bits per heavy atom. The third kappa shape index (κ3) is 3.75. The second-order valence-corrected chi connectivity index (χ2v) is 9.30. The first-order valence-electron chi connectivity index (χ1n) is 12.0. The zero-order chi connectivity index (χ0) is 23.7. The summed E-state index contributed by atoms with van der Waals surface area (Å²) in [5, 5.41) is 9.27. The van der Waals surface area contributed by atoms with Crippen molar-refractivity contribution in [2.24, 2.45) is 11.8 Å². The fourth-order valence-corrected chi connectivity index (χ4v) is 5.73. The maximum Gasteiger partial charge on any atom is 0.312 e. The van der Waals surface area contributed by atoms with E-state index >= 15 is 0 Å². The predicted molar refractivity (Wildman–Crippen MR) is 122 cm³/mol. The summed E-state index contributed by atoms with van der Waals surface area (Å²) in [5.41, 5.74) is -0.240. The second-order valence-electron chi connectivity index (χ2n) is 9.30. The summed E-state index contributed by atoms with van der Waals surface area (Å²) in [6.45, 7) is 1.38. The Kier molecular flexibility index (Phi) is 6.27. The lowest BCUT2D eigenvalue weighted by molar-refractivity contribution is -0.155. The number of aliphatic hydroxyl groups is 1. The van der Waals surface area contributed by atoms with Crippen molar-refractivity contribution in [3.63, 3.8) is 0 Å². The molecule has 4 heterocycles. The van der Waals surface area contributed by atoms with E-state index in [-0.39, 0.29) is 25.0 Å². The maximum absolute atomic E-state index is 14.0. The molecule has 0 aromatic heterocycles. The second kappa shape index (κ2) is 9.35. The van der Waals surface area contributed by atoms with Gasteiger partial charge in [-0.1, -0.05) is 54.6 Å². The number of likely N-dealkylation sites (tertiary alicyclic amines) is 1. The smallest absolute Gasteiger partial charge is 0.312 e. The molecule has 180 valence electrons. The fraction of sp³-hybridized carbons (Fsp3) is 0.500. The minimum atomic E-state index is -1.23. The Labute approximate surface area is 198 Å². The van der Waals surface area contributed by atoms with Crippen molar-refractivity contribution in [3.8, 4) is 0 Å². The van der Waals surface area contributed by atoms with Gasteiger partial charge in [0.1, 0.15) is 17.6 Å². The van der Waals surface area contributed by atoms with Gasteiger partial charge < -0.3 is 24.4 Å². The molecule has 4 aliphatic heterocycles. The number of nitrogens with zero attached hydrogens (tertiary/aromatic N) is 2. The number of aliphatic hydroxyl groups excluding tert-OH is 1. The van der Waals surface area contributed by atoms with E-state index in [9.17, 15) is 19.5 Å². The molecule has 0 radical (unpaired) electrons. The molecular weight excluding hydrogens is 436 g/mol. The Morgan fingerprint density at radius 2 is 1.88 bits per heavy atom. The molecule has 4 aliphatic rings. The Balaban J connectivity index is 1.54. The van der Waals surface area contributed by atoms with Crippen LogP contribution in [-0.2, 0) is 30.4 Å². The number of hydrogen-bond donors (Lipinski definition) is 1. The molecule has 1 aromatic carbocycles. The van der Waals surface area contributed by atoms with E-state index in [0.29, 0.717) is 38.9 Å². The highest BCUT2D eigenvalue weighted by Gasteiger charge is 2.71. The Hall–Kier alpha value is -2.97. The molecule has 2 fully saturated rings. The lowest BCUT2D eigenvalue weighted by Crippen LogP contribution is -2.55. The van der Waals surface area contributed by atoms with E-state index in [1.54, 1.807) is 9.80 Å². The molecule has 0 aliphatic carbocycles. The maximum atomic E-state index is 14.0. The number of unbranched alkanes of at least 4 members (excludes halogenated alkanes) is 1. The molecular formula is C26H30N2O6. The number of rotatable bonds is 6. The van der Waals surface area contributed by atoms with Crippen LogP contribution in [-0.4, -0.2) is 76.7 Å². The van der Waals surface area contributed by atoms with Crippen molar-refractivity contribution in [1.82, 2.24) is 9.80 Å². The standard InChI is InChI=1S/C26H30N2O6/c29-15-6-5-14-28-22-24(31)27(17-18-9-2-1-3-10-18)13-8-12-26(22)21(23(28)30)20-19(34-26)11-4-7-16-33-25(20)32/h1-4,8-12,19-22,29H,5-7,13-17H2/t19-,20+,21-,22?,26-/m0/s1. The number of amides is 2. The van der Waals surface area contributed by atoms with Crippen LogP contribution < -0.4 is 0 Å². The first kappa shape index (κ1) is 22.8. The van der Waals surface area contributed by atoms with Gasteiger partial charge in [0.25, 0.3) is 0 Å². The molecule has 5 atom stereocenters. The summed E-state index contributed by atoms with van der Waals surface area (Å²) in [6.07, 6.45) is 8.49. The van der Waals surface area contributed by atoms with E-state index in [2.05, 4.69) is 0 Å². The number of ether oxygens (including phenoxy) is 2. The molecule has 8 heteroatoms. The van der Waals surface area contributed by atoms with Crippen LogP contribution in [0.5, 0.6) is 0 Å². The SMILES string of the molecule is O=C1OCCC=C[C@@H]2O[C@]34C=CCN(Cc5ccccc5)C(=O)C3N(CCCCO)C(=O)[C@@H]4[C@H]12. The van der Waals surface area contributed by atoms with Crippen LogP contribution in [0.15, 0.2) is 54.6 Å². The van der Waals surface area contributed by atoms with Crippen molar-refractivity contribution >= 4 is 17.8 Å². The first-order chi connectivity index (χ1) is 16.6. The minimum absolute atomic E-state index is 0.00751. The topological polar surface area (TPSA) is 96.4 Å². The summed E-state index contributed by atoms with van der Waals surface area (Å²) in [6, 6.07) is 8.85. The Morgan fingerprint density at radius 1 is 1.06 bits per heavy atom. The zero-order valence-electron chi connectivity index (χ0n) is 19.0. The molecule has 1 aromatic rings. The fourth-order valence-electron chi connectivity index (χ4n) is 5.73. The average molecular weight is 467 g/mol. The molecule has 2 amide bonds. The number of esters is 1. The summed E-state index contributed by atoms with van der Waals surface area (Å²) >= 11 is 0. The number of carbonyl (C=O) groups excluding carboxylic acids is 3. The lowest BCUT2D eigenvalue weighted by Gasteiger charge is -2.35. The molecule has 2 saturated heterocycles. The predicted octanol–water partition coefficient (Wildman–Crippen LogP) is 1.44. The molecule has 1 N–H and O–H groups in total. The largest absolute Gasteiger partial charge is 0.465 e. The lowest BCUT2D eigenvalue weighted by atomic mass is 9.77. The van der Waals surface area contributed by atoms with Gasteiger partial charge in [0.05, 0.1) is 18.6 Å². The number of carbonyl (C=O) groups is 3. The van der Waals surface area contributed by atoms with Gasteiger partial charge >= 0.3 is 5.97 Å². The summed E-state index contributed by atoms with van der Waals surface area (Å²) in [7, 11) is 0. The van der Waals surface area contributed by atoms with Gasteiger partial charge in [-0.25, -0.2) is 0 Å². The highest BCUT2D eigenvalue weighted by molar-refractivity contribution is 5.99. The summed E-state index contributed by atoms with van der Waals surface area (Å²) in [4.78, 5) is 44.1. The highest BCUT2D eigenvalue weighted by Crippen LogP contribution is 2.53. The van der Waals surface area contributed by atoms with E-state index < -0.39 is 35.6 Å². The van der Waals surface area contributed by atoms with E-state index in [1.807, 2.05) is 54.6 Å². The highest BCUT2D eigenvalue weighted by atomic mass is 16.6. The van der Waals surface area contributed by atoms with Gasteiger partial charge in [0.2, 0.25) is 11.8 Å². The van der Waals surface area contributed by atoms with Crippen molar-refractivity contribution in [1.29, 1.82) is 0 Å². The zero-order valence-corrected chi connectivity index (χ0v) is 19.0. The molecule has 0 saturated carbocycles. The average Bonchev–Trinajstić information content (AvgIpc) is 3.21. The first-order valence-corrected chi connectivity index (χ1v) is 12.0. The van der Waals surface area contributed by atoms with E-state index in [0.717, 1.165) is 5.56 Å². The third-order valence-electron chi connectivity index (χ3n) is 7.23. The summed E-state index contributed by atoms with van der Waals surface area (Å²) < 4.78 is 11.9. The molecule has 1 unspecified atom stereocenters. The van der Waals surface area contributed by atoms with Gasteiger partial charge in [-0.05, 0) is 24.8 Å². The van der Waals surface area contributed by atoms with E-state index in [4.69, 9.17) is 9.47 Å². The minimum Gasteiger partial charge on any atom is -0.465 e. The Bertz CT molecular complexity index is 1010. The van der Waals surface area contributed by atoms with Crippen molar-refractivity contribution in [2.75, 3.05) is 26.3 Å². The van der Waals surface area contributed by atoms with Crippen LogP contribution in [0.1, 0.15) is 24.8 Å². The van der Waals surface area contributed by atoms with Gasteiger partial charge in [-0.2, -0.15) is 0 Å². The van der Waals surface area contributed by atoms with Crippen LogP contribution in [0.2, 0.25) is 0 Å². The third-order valence-corrected chi connectivity index (χ3v) is 7.23. The number of benzene rings is 1. The quantitative estimate of drug-likeness (QED) is 0.387. The van der Waals surface area contributed by atoms with Gasteiger partial charge in [-0.15, -0.1) is 0 Å². The number of fused-ring (bicyclic) bond motifs is 2. The van der Waals surface area contributed by atoms with Crippen LogP contribution in [0, 0.1) is 11.8 Å². The van der Waals surface area contributed by atoms with Crippen LogP contribution >= 0.6 is 0 Å². The van der Waals surface area contributed by atoms with Crippen LogP contribution in [0.25, 0.3) is 0 Å². The van der Waals surface area contributed by atoms with Gasteiger partial charge in [-0.3, -0.25) is 14.4 Å². The van der Waals surface area contributed by atoms with Crippen molar-refractivity contribution < 1.29 is 29.0 Å². The van der Waals surface area contributed by atoms with E-state index in [1.165, 1.54) is 0 Å². The molecule has 0 bridgehead atoms. The van der Waals surface area contributed by atoms with Crippen molar-refractivity contribution in [3.05, 3.63) is 60.2 Å². The van der Waals surface area contributed by atoms with Crippen molar-refractivity contribution in [2.45, 2.75) is 43.6 Å². The molecule has 1 spiro atoms. The monoisotopic (exact) mass is 466 g/mol. The normalized spacial score (nSPS) is 32.6. The number of cyclic esters (lactones) is 1. The van der Waals surface area contributed by atoms with Crippen LogP contribution in [0.4, 0.5) is 0 Å². The van der Waals surface area contributed by atoms with Crippen LogP contribution in [0.3, 0.4) is 0 Å². The molecule has 8 nitrogen and oxygen atoms in total. The molecule has 34 heavy (non-hydrogen) atoms. The summed E-state index contributed by atoms with van der Waals surface area (Å²) in [5.74, 6) is -2.54. The van der Waals surface area contributed by atoms with Gasteiger partial charge in [0.15, 0.2) is 0 Å². The molecule has 5 rings (SSSR count). The number of hydrogen-bond acceptors (Lipinski definition) is 6. The van der Waals surface area contributed by atoms with Gasteiger partial charge in [0, 0.05) is 26.2 Å².